The molecule has 0 N–H and O–H groups in total. The Kier molecular flexibility index (Phi) is 3.82. The zero-order valence-corrected chi connectivity index (χ0v) is 8.23. The van der Waals surface area contributed by atoms with Crippen molar-refractivity contribution in [3.05, 3.63) is 11.6 Å². The highest BCUT2D eigenvalue weighted by molar-refractivity contribution is 6.04. The molecule has 0 aliphatic heterocycles. The van der Waals surface area contributed by atoms with Gasteiger partial charge in [0.2, 0.25) is 0 Å². The molecule has 0 fully saturated rings. The van der Waals surface area contributed by atoms with Crippen LogP contribution in [0.3, 0.4) is 0 Å². The monoisotopic (exact) mass is 129 g/mol. The van der Waals surface area contributed by atoms with Crippen molar-refractivity contribution in [2.75, 3.05) is 13.6 Å². The van der Waals surface area contributed by atoms with Crippen molar-refractivity contribution < 1.29 is 0 Å². The Bertz CT molecular complexity index is 82.5. The molecule has 0 aromatic heterocycles. The van der Waals surface area contributed by atoms with Crippen LogP contribution in [0.15, 0.2) is 11.6 Å². The minimum absolute atomic E-state index is 1.12. The molecule has 0 atom stereocenters. The Morgan fingerprint density at radius 2 is 2.12 bits per heavy atom. The molecule has 0 rings (SSSR count). The lowest BCUT2D eigenvalue weighted by Gasteiger charge is -2.04. The molecule has 0 heterocycles. The smallest absolute Gasteiger partial charge is 0.0784 e. The van der Waals surface area contributed by atoms with E-state index in [0.717, 1.165) is 16.9 Å². The summed E-state index contributed by atoms with van der Waals surface area (Å²) in [6.45, 7) is 5.38. The van der Waals surface area contributed by atoms with Gasteiger partial charge in [0.05, 0.1) is 10.4 Å². The fourth-order valence-corrected chi connectivity index (χ4v) is 0.548. The van der Waals surface area contributed by atoms with Gasteiger partial charge in [-0.05, 0) is 20.9 Å². The third kappa shape index (κ3) is 5.92. The molecule has 0 spiro atoms. The zero-order valence-electron chi connectivity index (χ0n) is 6.23. The minimum Gasteiger partial charge on any atom is -0.332 e. The summed E-state index contributed by atoms with van der Waals surface area (Å²) >= 11 is 0. The molecule has 0 saturated heterocycles. The van der Waals surface area contributed by atoms with Gasteiger partial charge in [-0.25, -0.2) is 0 Å². The number of nitrogens with zero attached hydrogens (tertiary/aromatic N) is 1. The van der Waals surface area contributed by atoms with Crippen LogP contribution in [0.4, 0.5) is 0 Å². The standard InChI is InChI=1S/C6H15NSi/c1-6(2)4-5-7(3)8/h4H,5H2,1-3,8H3. The SMILES string of the molecule is CC(C)=CCN(C)[SiH3]. The van der Waals surface area contributed by atoms with Crippen molar-refractivity contribution in [2.24, 2.45) is 0 Å². The normalized spacial score (nSPS) is 10.0. The van der Waals surface area contributed by atoms with Crippen LogP contribution < -0.4 is 0 Å². The lowest BCUT2D eigenvalue weighted by molar-refractivity contribution is 0.611. The lowest BCUT2D eigenvalue weighted by atomic mass is 10.3. The van der Waals surface area contributed by atoms with Crippen LogP contribution in [0, 0.1) is 0 Å². The van der Waals surface area contributed by atoms with Gasteiger partial charge < -0.3 is 4.57 Å². The van der Waals surface area contributed by atoms with E-state index >= 15 is 0 Å². The predicted molar refractivity (Wildman–Crippen MR) is 42.0 cm³/mol. The Labute approximate surface area is 54.9 Å². The van der Waals surface area contributed by atoms with Crippen LogP contribution in [0.5, 0.6) is 0 Å². The van der Waals surface area contributed by atoms with Crippen molar-refractivity contribution >= 4 is 10.4 Å². The van der Waals surface area contributed by atoms with E-state index in [4.69, 9.17) is 0 Å². The van der Waals surface area contributed by atoms with Crippen molar-refractivity contribution in [2.45, 2.75) is 13.8 Å². The number of rotatable bonds is 2. The second-order valence-corrected chi connectivity index (χ2v) is 4.07. The van der Waals surface area contributed by atoms with Gasteiger partial charge in [0.15, 0.2) is 0 Å². The lowest BCUT2D eigenvalue weighted by Crippen LogP contribution is -2.12. The summed E-state index contributed by atoms with van der Waals surface area (Å²) < 4.78 is 2.28. The third-order valence-corrected chi connectivity index (χ3v) is 1.23. The van der Waals surface area contributed by atoms with Gasteiger partial charge in [-0.1, -0.05) is 11.6 Å². The summed E-state index contributed by atoms with van der Waals surface area (Å²) in [5.41, 5.74) is 1.41. The Balaban J connectivity index is 3.29. The van der Waals surface area contributed by atoms with E-state index in [1.54, 1.807) is 0 Å². The second kappa shape index (κ2) is 3.86. The van der Waals surface area contributed by atoms with Crippen LogP contribution in [0.25, 0.3) is 0 Å². The molecule has 48 valence electrons. The van der Waals surface area contributed by atoms with Crippen molar-refractivity contribution in [1.29, 1.82) is 0 Å². The fourth-order valence-electron chi connectivity index (χ4n) is 0.365. The van der Waals surface area contributed by atoms with Gasteiger partial charge in [0.1, 0.15) is 0 Å². The predicted octanol–water partition coefficient (Wildman–Crippen LogP) is 0.165. The maximum absolute atomic E-state index is 2.28. The van der Waals surface area contributed by atoms with Crippen LogP contribution >= 0.6 is 0 Å². The Morgan fingerprint density at radius 3 is 2.25 bits per heavy atom. The summed E-state index contributed by atoms with van der Waals surface area (Å²) in [7, 11) is 3.29. The molecule has 0 amide bonds. The van der Waals surface area contributed by atoms with E-state index in [9.17, 15) is 0 Å². The first-order valence-corrected chi connectivity index (χ1v) is 3.80. The second-order valence-electron chi connectivity index (χ2n) is 2.54. The van der Waals surface area contributed by atoms with Crippen LogP contribution in [-0.4, -0.2) is 28.6 Å². The van der Waals surface area contributed by atoms with E-state index in [0.29, 0.717) is 0 Å². The summed E-state index contributed by atoms with van der Waals surface area (Å²) in [6.07, 6.45) is 2.24. The van der Waals surface area contributed by atoms with Crippen LogP contribution in [0.1, 0.15) is 13.8 Å². The number of allylic oxidation sites excluding steroid dienone is 1. The van der Waals surface area contributed by atoms with E-state index in [1.165, 1.54) is 5.57 Å². The number of likely N-dealkylation sites (N-methyl/N-ethyl adjacent to an activating group) is 1. The van der Waals surface area contributed by atoms with Crippen molar-refractivity contribution in [1.82, 2.24) is 4.57 Å². The van der Waals surface area contributed by atoms with Gasteiger partial charge in [-0.3, -0.25) is 0 Å². The Morgan fingerprint density at radius 1 is 1.62 bits per heavy atom. The summed E-state index contributed by atoms with van der Waals surface area (Å²) in [5, 5.41) is 0. The summed E-state index contributed by atoms with van der Waals surface area (Å²) in [4.78, 5) is 0. The van der Waals surface area contributed by atoms with Gasteiger partial charge in [0, 0.05) is 6.54 Å². The topological polar surface area (TPSA) is 3.24 Å². The quantitative estimate of drug-likeness (QED) is 0.379. The van der Waals surface area contributed by atoms with Crippen molar-refractivity contribution in [3.8, 4) is 0 Å². The Hall–Kier alpha value is -0.0831. The van der Waals surface area contributed by atoms with E-state index in [2.05, 4.69) is 31.5 Å². The largest absolute Gasteiger partial charge is 0.332 e. The maximum Gasteiger partial charge on any atom is 0.0784 e. The van der Waals surface area contributed by atoms with Gasteiger partial charge in [0.25, 0.3) is 0 Å². The first kappa shape index (κ1) is 7.92. The first-order chi connectivity index (χ1) is 3.63. The summed E-state index contributed by atoms with van der Waals surface area (Å²) in [5.74, 6) is 0. The first-order valence-electron chi connectivity index (χ1n) is 2.91. The molecule has 0 aliphatic rings. The van der Waals surface area contributed by atoms with Crippen LogP contribution in [-0.2, 0) is 0 Å². The molecule has 2 heteroatoms. The van der Waals surface area contributed by atoms with Gasteiger partial charge in [-0.2, -0.15) is 0 Å². The van der Waals surface area contributed by atoms with E-state index in [-0.39, 0.29) is 0 Å². The molecule has 0 radical (unpaired) electrons. The third-order valence-electron chi connectivity index (χ3n) is 0.865. The molecule has 1 nitrogen and oxygen atoms in total. The van der Waals surface area contributed by atoms with E-state index < -0.39 is 0 Å². The van der Waals surface area contributed by atoms with Crippen molar-refractivity contribution in [3.63, 3.8) is 0 Å². The fraction of sp³-hybridized carbons (Fsp3) is 0.667. The molecule has 0 aliphatic carbocycles. The van der Waals surface area contributed by atoms with E-state index in [1.807, 2.05) is 0 Å². The molecular formula is C6H15NSi. The molecule has 0 bridgehead atoms. The molecular weight excluding hydrogens is 114 g/mol. The number of hydrogen-bond acceptors (Lipinski definition) is 1. The highest BCUT2D eigenvalue weighted by Gasteiger charge is 1.81. The van der Waals surface area contributed by atoms with Gasteiger partial charge >= 0.3 is 0 Å². The zero-order chi connectivity index (χ0) is 6.57. The molecule has 0 unspecified atom stereocenters. The van der Waals surface area contributed by atoms with Gasteiger partial charge in [-0.15, -0.1) is 0 Å². The average molecular weight is 129 g/mol. The molecule has 0 saturated carbocycles. The molecule has 0 aromatic rings. The average Bonchev–Trinajstić information content (AvgIpc) is 1.61. The van der Waals surface area contributed by atoms with Crippen LogP contribution in [0.2, 0.25) is 0 Å². The highest BCUT2D eigenvalue weighted by Crippen LogP contribution is 1.87. The highest BCUT2D eigenvalue weighted by atomic mass is 28.2. The minimum atomic E-state index is 1.12. The summed E-state index contributed by atoms with van der Waals surface area (Å²) in [6, 6.07) is 0. The maximum atomic E-state index is 2.28. The number of hydrogen-bond donors (Lipinski definition) is 0. The molecule has 8 heavy (non-hydrogen) atoms. The molecule has 0 aromatic carbocycles.